The van der Waals surface area contributed by atoms with Gasteiger partial charge in [-0.2, -0.15) is 0 Å². The molecule has 0 unspecified atom stereocenters. The van der Waals surface area contributed by atoms with Crippen LogP contribution in [-0.2, 0) is 14.6 Å². The molecule has 2 atom stereocenters. The van der Waals surface area contributed by atoms with Crippen molar-refractivity contribution in [1.29, 1.82) is 0 Å². The number of amides is 1. The second kappa shape index (κ2) is 8.03. The Bertz CT molecular complexity index is 1130. The highest BCUT2D eigenvalue weighted by atomic mass is 32.2. The number of carbonyl (C=O) groups is 1. The van der Waals surface area contributed by atoms with Gasteiger partial charge >= 0.3 is 0 Å². The van der Waals surface area contributed by atoms with Crippen molar-refractivity contribution in [1.82, 2.24) is 0 Å². The smallest absolute Gasteiger partial charge is 0.234 e. The fraction of sp³-hybridized carbons (Fsp3) is 0.333. The molecule has 0 spiro atoms. The normalized spacial score (nSPS) is 22.0. The van der Waals surface area contributed by atoms with E-state index in [1.165, 1.54) is 17.8 Å². The molecule has 0 bridgehead atoms. The van der Waals surface area contributed by atoms with Gasteiger partial charge in [-0.1, -0.05) is 41.6 Å². The van der Waals surface area contributed by atoms with Crippen LogP contribution in [0, 0.1) is 19.7 Å². The van der Waals surface area contributed by atoms with Crippen molar-refractivity contribution in [3.8, 4) is 0 Å². The van der Waals surface area contributed by atoms with Crippen LogP contribution >= 0.6 is 11.8 Å². The molecule has 1 amide bonds. The number of sulfone groups is 1. The van der Waals surface area contributed by atoms with Crippen molar-refractivity contribution in [2.24, 2.45) is 4.99 Å². The molecule has 9 heteroatoms. The van der Waals surface area contributed by atoms with E-state index in [-0.39, 0.29) is 28.9 Å². The first-order valence-corrected chi connectivity index (χ1v) is 12.4. The maximum atomic E-state index is 14.5. The van der Waals surface area contributed by atoms with Gasteiger partial charge in [0.2, 0.25) is 5.91 Å². The zero-order valence-corrected chi connectivity index (χ0v) is 18.3. The number of hydrogen-bond acceptors (Lipinski definition) is 6. The number of benzene rings is 2. The van der Waals surface area contributed by atoms with Gasteiger partial charge in [0.15, 0.2) is 15.0 Å². The van der Waals surface area contributed by atoms with Gasteiger partial charge in [0.25, 0.3) is 0 Å². The van der Waals surface area contributed by atoms with Crippen molar-refractivity contribution >= 4 is 44.0 Å². The van der Waals surface area contributed by atoms with E-state index in [1.54, 1.807) is 23.1 Å². The van der Waals surface area contributed by atoms with E-state index in [1.807, 2.05) is 32.0 Å². The largest absolute Gasteiger partial charge is 0.325 e. The Labute approximate surface area is 179 Å². The van der Waals surface area contributed by atoms with Crippen molar-refractivity contribution < 1.29 is 17.6 Å². The number of carbonyl (C=O) groups excluding carboxylic acids is 1. The van der Waals surface area contributed by atoms with Gasteiger partial charge in [0.05, 0.1) is 35.0 Å². The summed E-state index contributed by atoms with van der Waals surface area (Å²) in [6.07, 6.45) is 0. The number of hydrogen-bond donors (Lipinski definition) is 1. The molecule has 2 heterocycles. The standard InChI is InChI=1S/C21H22FN3O3S2/c1-13-7-8-16(14(2)9-13)23-20(26)10-29-21-24-17-11-30(27,28)12-19(17)25(21)18-6-4-3-5-15(18)22/h3-9,17,19H,10-12H2,1-2H3,(H,23,26)/t17-,19+/m0/s1. The summed E-state index contributed by atoms with van der Waals surface area (Å²) in [5, 5.41) is 3.36. The second-order valence-corrected chi connectivity index (χ2v) is 10.7. The number of thioether (sulfide) groups is 1. The third-order valence-corrected chi connectivity index (χ3v) is 7.87. The van der Waals surface area contributed by atoms with E-state index in [0.29, 0.717) is 5.17 Å². The number of fused-ring (bicyclic) bond motifs is 1. The fourth-order valence-corrected chi connectivity index (χ4v) is 6.59. The van der Waals surface area contributed by atoms with Gasteiger partial charge in [-0.3, -0.25) is 9.79 Å². The highest BCUT2D eigenvalue weighted by molar-refractivity contribution is 8.14. The third-order valence-electron chi connectivity index (χ3n) is 5.21. The third kappa shape index (κ3) is 4.22. The molecule has 4 rings (SSSR count). The Kier molecular flexibility index (Phi) is 5.59. The molecule has 2 aliphatic heterocycles. The molecule has 158 valence electrons. The first-order valence-electron chi connectivity index (χ1n) is 9.55. The Morgan fingerprint density at radius 3 is 2.73 bits per heavy atom. The van der Waals surface area contributed by atoms with Crippen LogP contribution in [-0.4, -0.2) is 48.8 Å². The molecule has 2 aromatic carbocycles. The number of anilines is 2. The van der Waals surface area contributed by atoms with Gasteiger partial charge in [-0.05, 0) is 37.6 Å². The highest BCUT2D eigenvalue weighted by Gasteiger charge is 2.47. The fourth-order valence-electron chi connectivity index (χ4n) is 3.83. The zero-order valence-electron chi connectivity index (χ0n) is 16.6. The number of amidine groups is 1. The van der Waals surface area contributed by atoms with Crippen LogP contribution < -0.4 is 10.2 Å². The Morgan fingerprint density at radius 1 is 1.23 bits per heavy atom. The summed E-state index contributed by atoms with van der Waals surface area (Å²) in [6.45, 7) is 3.92. The monoisotopic (exact) mass is 447 g/mol. The molecule has 0 aromatic heterocycles. The van der Waals surface area contributed by atoms with Crippen LogP contribution in [0.1, 0.15) is 11.1 Å². The van der Waals surface area contributed by atoms with Crippen LogP contribution in [0.5, 0.6) is 0 Å². The lowest BCUT2D eigenvalue weighted by molar-refractivity contribution is -0.113. The average Bonchev–Trinajstić information content (AvgIpc) is 3.14. The number of aryl methyl sites for hydroxylation is 2. The molecule has 0 radical (unpaired) electrons. The van der Waals surface area contributed by atoms with E-state index >= 15 is 0 Å². The number of aliphatic imine (C=N–C) groups is 1. The molecular formula is C21H22FN3O3S2. The molecule has 2 aromatic rings. The lowest BCUT2D eigenvalue weighted by Gasteiger charge is -2.26. The lowest BCUT2D eigenvalue weighted by atomic mass is 10.1. The van der Waals surface area contributed by atoms with E-state index in [0.717, 1.165) is 16.8 Å². The summed E-state index contributed by atoms with van der Waals surface area (Å²) in [4.78, 5) is 18.7. The summed E-state index contributed by atoms with van der Waals surface area (Å²) in [5.41, 5.74) is 3.11. The minimum Gasteiger partial charge on any atom is -0.325 e. The van der Waals surface area contributed by atoms with Crippen molar-refractivity contribution in [3.05, 3.63) is 59.4 Å². The number of para-hydroxylation sites is 1. The van der Waals surface area contributed by atoms with Crippen LogP contribution in [0.4, 0.5) is 15.8 Å². The molecule has 1 saturated heterocycles. The predicted molar refractivity (Wildman–Crippen MR) is 120 cm³/mol. The van der Waals surface area contributed by atoms with Crippen LogP contribution in [0.15, 0.2) is 47.5 Å². The second-order valence-electron chi connectivity index (χ2n) is 7.60. The maximum absolute atomic E-state index is 14.5. The molecule has 1 N–H and O–H groups in total. The summed E-state index contributed by atoms with van der Waals surface area (Å²) in [7, 11) is -3.22. The SMILES string of the molecule is Cc1ccc(NC(=O)CSC2=N[C@H]3CS(=O)(=O)C[C@H]3N2c2ccccc2F)c(C)c1. The van der Waals surface area contributed by atoms with E-state index < -0.39 is 27.7 Å². The van der Waals surface area contributed by atoms with Crippen LogP contribution in [0.2, 0.25) is 0 Å². The van der Waals surface area contributed by atoms with Crippen molar-refractivity contribution in [2.45, 2.75) is 25.9 Å². The predicted octanol–water partition coefficient (Wildman–Crippen LogP) is 3.16. The van der Waals surface area contributed by atoms with Crippen molar-refractivity contribution in [3.63, 3.8) is 0 Å². The molecule has 1 fully saturated rings. The molecular weight excluding hydrogens is 425 g/mol. The zero-order chi connectivity index (χ0) is 21.5. The minimum absolute atomic E-state index is 0.0541. The molecule has 30 heavy (non-hydrogen) atoms. The summed E-state index contributed by atoms with van der Waals surface area (Å²) >= 11 is 1.19. The minimum atomic E-state index is -3.22. The van der Waals surface area contributed by atoms with Gasteiger partial charge in [0.1, 0.15) is 5.82 Å². The van der Waals surface area contributed by atoms with Gasteiger partial charge in [-0.25, -0.2) is 12.8 Å². The highest BCUT2D eigenvalue weighted by Crippen LogP contribution is 2.36. The summed E-state index contributed by atoms with van der Waals surface area (Å²) in [5.74, 6) is -0.692. The Morgan fingerprint density at radius 2 is 2.00 bits per heavy atom. The number of rotatable bonds is 4. The molecule has 0 aliphatic carbocycles. The first-order chi connectivity index (χ1) is 14.2. The topological polar surface area (TPSA) is 78.8 Å². The molecule has 2 aliphatic rings. The summed E-state index contributed by atoms with van der Waals surface area (Å²) < 4.78 is 38.6. The lowest BCUT2D eigenvalue weighted by Crippen LogP contribution is -2.40. The number of nitrogens with zero attached hydrogens (tertiary/aromatic N) is 2. The van der Waals surface area contributed by atoms with E-state index in [4.69, 9.17) is 0 Å². The average molecular weight is 448 g/mol. The van der Waals surface area contributed by atoms with E-state index in [2.05, 4.69) is 10.3 Å². The Balaban J connectivity index is 1.52. The van der Waals surface area contributed by atoms with E-state index in [9.17, 15) is 17.6 Å². The first kappa shape index (κ1) is 20.9. The van der Waals surface area contributed by atoms with Gasteiger partial charge in [0, 0.05) is 5.69 Å². The van der Waals surface area contributed by atoms with Crippen molar-refractivity contribution in [2.75, 3.05) is 27.5 Å². The quantitative estimate of drug-likeness (QED) is 0.779. The van der Waals surface area contributed by atoms with Crippen LogP contribution in [0.3, 0.4) is 0 Å². The molecule has 0 saturated carbocycles. The number of nitrogens with one attached hydrogen (secondary N) is 1. The Hall–Kier alpha value is -2.39. The molecule has 6 nitrogen and oxygen atoms in total. The maximum Gasteiger partial charge on any atom is 0.234 e. The van der Waals surface area contributed by atoms with Gasteiger partial charge in [-0.15, -0.1) is 0 Å². The number of halogens is 1. The summed E-state index contributed by atoms with van der Waals surface area (Å²) in [6, 6.07) is 11.1. The van der Waals surface area contributed by atoms with Crippen LogP contribution in [0.25, 0.3) is 0 Å². The van der Waals surface area contributed by atoms with Gasteiger partial charge < -0.3 is 10.2 Å².